The summed E-state index contributed by atoms with van der Waals surface area (Å²) in [4.78, 5) is 25.9. The normalized spacial score (nSPS) is 14.1. The van der Waals surface area contributed by atoms with Crippen LogP contribution < -0.4 is 9.47 Å². The fraction of sp³-hybridized carbons (Fsp3) is 0.391. The van der Waals surface area contributed by atoms with Gasteiger partial charge in [0, 0.05) is 0 Å². The Morgan fingerprint density at radius 1 is 1.00 bits per heavy atom. The van der Waals surface area contributed by atoms with E-state index in [9.17, 15) is 9.59 Å². The number of rotatable bonds is 6. The Balaban J connectivity index is 1.62. The zero-order valence-electron chi connectivity index (χ0n) is 17.3. The van der Waals surface area contributed by atoms with Gasteiger partial charge in [-0.05, 0) is 29.2 Å². The zero-order chi connectivity index (χ0) is 21.0. The Morgan fingerprint density at radius 3 is 2.28 bits per heavy atom. The van der Waals surface area contributed by atoms with Crippen molar-refractivity contribution in [2.75, 3.05) is 26.8 Å². The highest BCUT2D eigenvalue weighted by molar-refractivity contribution is 5.97. The molecule has 2 aromatic carbocycles. The van der Waals surface area contributed by atoms with Crippen LogP contribution in [0.15, 0.2) is 48.5 Å². The maximum Gasteiger partial charge on any atom is 0.343 e. The quantitative estimate of drug-likeness (QED) is 0.699. The summed E-state index contributed by atoms with van der Waals surface area (Å²) in [7, 11) is 1.29. The van der Waals surface area contributed by atoms with Crippen LogP contribution in [0.3, 0.4) is 0 Å². The van der Waals surface area contributed by atoms with Crippen molar-refractivity contribution in [1.82, 2.24) is 4.90 Å². The molecule has 1 aliphatic rings. The molecule has 154 valence electrons. The maximum absolute atomic E-state index is 12.9. The third-order valence-corrected chi connectivity index (χ3v) is 4.81. The van der Waals surface area contributed by atoms with Crippen molar-refractivity contribution in [2.24, 2.45) is 0 Å². The van der Waals surface area contributed by atoms with E-state index in [-0.39, 0.29) is 24.0 Å². The van der Waals surface area contributed by atoms with Crippen molar-refractivity contribution in [2.45, 2.75) is 32.3 Å². The summed E-state index contributed by atoms with van der Waals surface area (Å²) in [5.41, 5.74) is 1.54. The Hall–Kier alpha value is -3.02. The molecule has 0 N–H and O–H groups in total. The molecule has 1 saturated heterocycles. The lowest BCUT2D eigenvalue weighted by atomic mass is 9.86. The standard InChI is InChI=1S/C23H27NO5/c1-23(2,3)18-10-6-8-12-20(18)29-16-13-24(14-16)22(26)17-9-5-7-11-19(17)28-15-21(25)27-4/h5-12,16H,13-15H2,1-4H3. The minimum Gasteiger partial charge on any atom is -0.486 e. The fourth-order valence-corrected chi connectivity index (χ4v) is 3.18. The van der Waals surface area contributed by atoms with Crippen LogP contribution in [0, 0.1) is 0 Å². The smallest absolute Gasteiger partial charge is 0.343 e. The van der Waals surface area contributed by atoms with Crippen molar-refractivity contribution in [3.63, 3.8) is 0 Å². The van der Waals surface area contributed by atoms with E-state index in [0.717, 1.165) is 11.3 Å². The minimum atomic E-state index is -0.498. The number of hydrogen-bond donors (Lipinski definition) is 0. The van der Waals surface area contributed by atoms with Gasteiger partial charge in [-0.3, -0.25) is 4.79 Å². The summed E-state index contributed by atoms with van der Waals surface area (Å²) in [6.07, 6.45) is -0.0504. The number of carbonyl (C=O) groups is 2. The van der Waals surface area contributed by atoms with Gasteiger partial charge in [-0.2, -0.15) is 0 Å². The summed E-state index contributed by atoms with van der Waals surface area (Å²) in [5, 5.41) is 0. The number of para-hydroxylation sites is 2. The Bertz CT molecular complexity index is 881. The highest BCUT2D eigenvalue weighted by atomic mass is 16.6. The Kier molecular flexibility index (Phi) is 6.11. The number of esters is 1. The molecule has 1 fully saturated rings. The molecule has 0 spiro atoms. The number of likely N-dealkylation sites (tertiary alicyclic amines) is 1. The molecule has 1 aliphatic heterocycles. The second-order valence-electron chi connectivity index (χ2n) is 8.06. The lowest BCUT2D eigenvalue weighted by molar-refractivity contribution is -0.142. The molecular formula is C23H27NO5. The van der Waals surface area contributed by atoms with Crippen molar-refractivity contribution in [1.29, 1.82) is 0 Å². The molecule has 1 heterocycles. The molecule has 0 atom stereocenters. The SMILES string of the molecule is COC(=O)COc1ccccc1C(=O)N1CC(Oc2ccccc2C(C)(C)C)C1. The number of nitrogens with zero attached hydrogens (tertiary/aromatic N) is 1. The molecule has 6 nitrogen and oxygen atoms in total. The fourth-order valence-electron chi connectivity index (χ4n) is 3.18. The molecule has 0 aliphatic carbocycles. The molecule has 0 bridgehead atoms. The van der Waals surface area contributed by atoms with E-state index in [1.54, 1.807) is 29.2 Å². The summed E-state index contributed by atoms with van der Waals surface area (Å²) in [6.45, 7) is 7.21. The molecule has 0 radical (unpaired) electrons. The van der Waals surface area contributed by atoms with Gasteiger partial charge in [-0.15, -0.1) is 0 Å². The van der Waals surface area contributed by atoms with E-state index in [1.807, 2.05) is 18.2 Å². The van der Waals surface area contributed by atoms with E-state index < -0.39 is 5.97 Å². The molecule has 1 amide bonds. The van der Waals surface area contributed by atoms with Crippen molar-refractivity contribution < 1.29 is 23.8 Å². The first-order chi connectivity index (χ1) is 13.8. The number of amides is 1. The average Bonchev–Trinajstić information content (AvgIpc) is 2.67. The number of benzene rings is 2. The maximum atomic E-state index is 12.9. The van der Waals surface area contributed by atoms with Gasteiger partial charge in [-0.25, -0.2) is 4.79 Å². The molecule has 2 aromatic rings. The highest BCUT2D eigenvalue weighted by Gasteiger charge is 2.34. The van der Waals surface area contributed by atoms with E-state index in [4.69, 9.17) is 9.47 Å². The first-order valence-corrected chi connectivity index (χ1v) is 9.63. The van der Waals surface area contributed by atoms with E-state index in [2.05, 4.69) is 31.6 Å². The van der Waals surface area contributed by atoms with Gasteiger partial charge < -0.3 is 19.1 Å². The predicted octanol–water partition coefficient (Wildman–Crippen LogP) is 3.44. The van der Waals surface area contributed by atoms with Gasteiger partial charge >= 0.3 is 5.97 Å². The van der Waals surface area contributed by atoms with Crippen LogP contribution in [0.1, 0.15) is 36.7 Å². The molecular weight excluding hydrogens is 370 g/mol. The Morgan fingerprint density at radius 2 is 1.62 bits per heavy atom. The lowest BCUT2D eigenvalue weighted by Gasteiger charge is -2.40. The van der Waals surface area contributed by atoms with Gasteiger partial charge in [0.2, 0.25) is 0 Å². The molecule has 0 unspecified atom stereocenters. The second-order valence-corrected chi connectivity index (χ2v) is 8.06. The first kappa shape index (κ1) is 20.7. The Labute approximate surface area is 171 Å². The van der Waals surface area contributed by atoms with Crippen LogP contribution in [-0.2, 0) is 14.9 Å². The van der Waals surface area contributed by atoms with Gasteiger partial charge in [0.05, 0.1) is 25.8 Å². The monoisotopic (exact) mass is 397 g/mol. The van der Waals surface area contributed by atoms with Crippen LogP contribution in [-0.4, -0.2) is 49.7 Å². The largest absolute Gasteiger partial charge is 0.486 e. The molecule has 3 rings (SSSR count). The summed E-state index contributed by atoms with van der Waals surface area (Å²) in [5.74, 6) is 0.584. The topological polar surface area (TPSA) is 65.1 Å². The number of ether oxygens (including phenoxy) is 3. The molecule has 0 aromatic heterocycles. The summed E-state index contributed by atoms with van der Waals surface area (Å²) < 4.78 is 16.2. The van der Waals surface area contributed by atoms with E-state index in [0.29, 0.717) is 24.4 Å². The van der Waals surface area contributed by atoms with Crippen LogP contribution in [0.4, 0.5) is 0 Å². The van der Waals surface area contributed by atoms with E-state index in [1.165, 1.54) is 7.11 Å². The highest BCUT2D eigenvalue weighted by Crippen LogP contribution is 2.33. The number of methoxy groups -OCH3 is 1. The molecule has 29 heavy (non-hydrogen) atoms. The lowest BCUT2D eigenvalue weighted by Crippen LogP contribution is -2.56. The van der Waals surface area contributed by atoms with E-state index >= 15 is 0 Å². The minimum absolute atomic E-state index is 0.0221. The van der Waals surface area contributed by atoms with Crippen LogP contribution in [0.25, 0.3) is 0 Å². The van der Waals surface area contributed by atoms with Crippen LogP contribution in [0.2, 0.25) is 0 Å². The van der Waals surface area contributed by atoms with Crippen molar-refractivity contribution in [3.05, 3.63) is 59.7 Å². The van der Waals surface area contributed by atoms with Gasteiger partial charge in [0.25, 0.3) is 5.91 Å². The second kappa shape index (κ2) is 8.55. The number of carbonyl (C=O) groups excluding carboxylic acids is 2. The molecule has 0 saturated carbocycles. The van der Waals surface area contributed by atoms with Gasteiger partial charge in [0.1, 0.15) is 17.6 Å². The molecule has 6 heteroatoms. The van der Waals surface area contributed by atoms with Gasteiger partial charge in [-0.1, -0.05) is 51.1 Å². The zero-order valence-corrected chi connectivity index (χ0v) is 17.3. The third-order valence-electron chi connectivity index (χ3n) is 4.81. The average molecular weight is 397 g/mol. The summed E-state index contributed by atoms with van der Waals surface area (Å²) >= 11 is 0. The van der Waals surface area contributed by atoms with Gasteiger partial charge in [0.15, 0.2) is 6.61 Å². The van der Waals surface area contributed by atoms with Crippen molar-refractivity contribution >= 4 is 11.9 Å². The predicted molar refractivity (Wildman–Crippen MR) is 109 cm³/mol. The van der Waals surface area contributed by atoms with Crippen molar-refractivity contribution in [3.8, 4) is 11.5 Å². The summed E-state index contributed by atoms with van der Waals surface area (Å²) in [6, 6.07) is 14.9. The number of hydrogen-bond acceptors (Lipinski definition) is 5. The van der Waals surface area contributed by atoms with Crippen LogP contribution in [0.5, 0.6) is 11.5 Å². The van der Waals surface area contributed by atoms with Crippen LogP contribution >= 0.6 is 0 Å². The third kappa shape index (κ3) is 4.88. The first-order valence-electron chi connectivity index (χ1n) is 9.63.